The average molecular weight is 308 g/mol. The van der Waals surface area contributed by atoms with E-state index in [9.17, 15) is 14.7 Å². The van der Waals surface area contributed by atoms with Crippen LogP contribution in [0.4, 0.5) is 0 Å². The van der Waals surface area contributed by atoms with Crippen molar-refractivity contribution in [2.24, 2.45) is 5.92 Å². The Balaban J connectivity index is 2.56. The van der Waals surface area contributed by atoms with E-state index in [0.29, 0.717) is 18.4 Å². The van der Waals surface area contributed by atoms with Crippen LogP contribution < -0.4 is 0 Å². The Bertz CT molecular complexity index is 484. The van der Waals surface area contributed by atoms with Crippen LogP contribution in [-0.2, 0) is 20.7 Å². The molecule has 1 rings (SSSR count). The quantitative estimate of drug-likeness (QED) is 0.560. The Morgan fingerprint density at radius 1 is 1.14 bits per heavy atom. The highest BCUT2D eigenvalue weighted by Gasteiger charge is 2.15. The first-order chi connectivity index (χ1) is 10.6. The zero-order valence-corrected chi connectivity index (χ0v) is 13.2. The summed E-state index contributed by atoms with van der Waals surface area (Å²) in [7, 11) is 2.73. The van der Waals surface area contributed by atoms with Crippen molar-refractivity contribution in [3.8, 4) is 0 Å². The summed E-state index contributed by atoms with van der Waals surface area (Å²) in [6.07, 6.45) is 3.37. The lowest BCUT2D eigenvalue weighted by Crippen LogP contribution is -2.13. The maximum atomic E-state index is 11.7. The number of hydrogen-bond donors (Lipinski definition) is 1. The monoisotopic (exact) mass is 308 g/mol. The number of rotatable bonds is 9. The summed E-state index contributed by atoms with van der Waals surface area (Å²) in [5.41, 5.74) is 1.42. The van der Waals surface area contributed by atoms with E-state index in [1.54, 1.807) is 12.1 Å². The predicted molar refractivity (Wildman–Crippen MR) is 82.5 cm³/mol. The third kappa shape index (κ3) is 5.85. The number of carbonyl (C=O) groups is 2. The molecule has 1 aromatic carbocycles. The lowest BCUT2D eigenvalue weighted by molar-refractivity contribution is -0.140. The Hall–Kier alpha value is -1.88. The molecule has 1 atom stereocenters. The van der Waals surface area contributed by atoms with Gasteiger partial charge in [0.25, 0.3) is 0 Å². The van der Waals surface area contributed by atoms with Gasteiger partial charge in [-0.05, 0) is 36.8 Å². The highest BCUT2D eigenvalue weighted by molar-refractivity contribution is 5.90. The molecule has 1 unspecified atom stereocenters. The van der Waals surface area contributed by atoms with Crippen LogP contribution in [0.25, 0.3) is 0 Å². The first kappa shape index (κ1) is 18.2. The van der Waals surface area contributed by atoms with E-state index in [2.05, 4.69) is 4.74 Å². The Morgan fingerprint density at radius 3 is 2.50 bits per heavy atom. The summed E-state index contributed by atoms with van der Waals surface area (Å²) in [5.74, 6) is -0.516. The fraction of sp³-hybridized carbons (Fsp3) is 0.529. The van der Waals surface area contributed by atoms with Crippen LogP contribution in [0.1, 0.15) is 41.6 Å². The van der Waals surface area contributed by atoms with Crippen molar-refractivity contribution < 1.29 is 24.2 Å². The van der Waals surface area contributed by atoms with Crippen molar-refractivity contribution in [2.75, 3.05) is 20.8 Å². The van der Waals surface area contributed by atoms with Gasteiger partial charge in [-0.2, -0.15) is 0 Å². The third-order valence-electron chi connectivity index (χ3n) is 3.66. The van der Waals surface area contributed by atoms with E-state index >= 15 is 0 Å². The zero-order valence-electron chi connectivity index (χ0n) is 13.2. The van der Waals surface area contributed by atoms with Gasteiger partial charge in [-0.3, -0.25) is 4.79 Å². The summed E-state index contributed by atoms with van der Waals surface area (Å²) in [6.45, 7) is 0.0493. The molecule has 0 aromatic heterocycles. The topological polar surface area (TPSA) is 72.8 Å². The minimum absolute atomic E-state index is 0.0493. The van der Waals surface area contributed by atoms with Crippen molar-refractivity contribution in [3.05, 3.63) is 35.4 Å². The lowest BCUT2D eigenvalue weighted by Gasteiger charge is -2.16. The lowest BCUT2D eigenvalue weighted by atomic mass is 9.92. The van der Waals surface area contributed by atoms with Crippen molar-refractivity contribution in [1.29, 1.82) is 0 Å². The third-order valence-corrected chi connectivity index (χ3v) is 3.66. The van der Waals surface area contributed by atoms with Crippen LogP contribution in [0.3, 0.4) is 0 Å². The fourth-order valence-corrected chi connectivity index (χ4v) is 2.38. The number of ether oxygens (including phenoxy) is 2. The molecule has 22 heavy (non-hydrogen) atoms. The molecule has 1 aromatic rings. The Labute approximate surface area is 131 Å². The number of hydrogen-bond acceptors (Lipinski definition) is 5. The SMILES string of the molecule is COC(=O)CCCCC(CO)Cc1ccccc1C(=O)OC. The second kappa shape index (κ2) is 9.95. The Morgan fingerprint density at radius 2 is 1.86 bits per heavy atom. The standard InChI is InChI=1S/C17H24O5/c1-21-16(19)10-6-3-7-13(12-18)11-14-8-4-5-9-15(14)17(20)22-2/h4-5,8-9,13,18H,3,6-7,10-12H2,1-2H3. The molecule has 5 nitrogen and oxygen atoms in total. The largest absolute Gasteiger partial charge is 0.469 e. The maximum absolute atomic E-state index is 11.7. The zero-order chi connectivity index (χ0) is 16.4. The second-order valence-corrected chi connectivity index (χ2v) is 5.22. The van der Waals surface area contributed by atoms with Gasteiger partial charge in [0.15, 0.2) is 0 Å². The molecule has 0 aliphatic rings. The van der Waals surface area contributed by atoms with Crippen molar-refractivity contribution >= 4 is 11.9 Å². The maximum Gasteiger partial charge on any atom is 0.338 e. The number of methoxy groups -OCH3 is 2. The van der Waals surface area contributed by atoms with E-state index < -0.39 is 0 Å². The van der Waals surface area contributed by atoms with E-state index in [4.69, 9.17) is 4.74 Å². The molecule has 0 aliphatic heterocycles. The van der Waals surface area contributed by atoms with Crippen molar-refractivity contribution in [1.82, 2.24) is 0 Å². The van der Waals surface area contributed by atoms with E-state index in [0.717, 1.165) is 24.8 Å². The normalized spacial score (nSPS) is 11.8. The fourth-order valence-electron chi connectivity index (χ4n) is 2.38. The van der Waals surface area contributed by atoms with E-state index in [1.807, 2.05) is 12.1 Å². The number of benzene rings is 1. The van der Waals surface area contributed by atoms with E-state index in [-0.39, 0.29) is 24.5 Å². The molecular formula is C17H24O5. The summed E-state index contributed by atoms with van der Waals surface area (Å²) in [4.78, 5) is 22.8. The molecule has 122 valence electrons. The highest BCUT2D eigenvalue weighted by Crippen LogP contribution is 2.19. The average Bonchev–Trinajstić information content (AvgIpc) is 2.56. The van der Waals surface area contributed by atoms with Gasteiger partial charge in [-0.25, -0.2) is 4.79 Å². The first-order valence-corrected chi connectivity index (χ1v) is 7.46. The highest BCUT2D eigenvalue weighted by atomic mass is 16.5. The van der Waals surface area contributed by atoms with Gasteiger partial charge < -0.3 is 14.6 Å². The molecule has 0 saturated heterocycles. The summed E-state index contributed by atoms with van der Waals surface area (Å²) < 4.78 is 9.37. The summed E-state index contributed by atoms with van der Waals surface area (Å²) in [5, 5.41) is 9.52. The molecular weight excluding hydrogens is 284 g/mol. The molecule has 0 saturated carbocycles. The summed E-state index contributed by atoms with van der Waals surface area (Å²) in [6, 6.07) is 7.27. The smallest absolute Gasteiger partial charge is 0.338 e. The molecule has 5 heteroatoms. The molecule has 0 heterocycles. The minimum Gasteiger partial charge on any atom is -0.469 e. The van der Waals surface area contributed by atoms with Gasteiger partial charge in [0, 0.05) is 13.0 Å². The molecule has 0 fully saturated rings. The second-order valence-electron chi connectivity index (χ2n) is 5.22. The molecule has 0 bridgehead atoms. The van der Waals surface area contributed by atoms with Crippen molar-refractivity contribution in [2.45, 2.75) is 32.1 Å². The van der Waals surface area contributed by atoms with Crippen LogP contribution in [-0.4, -0.2) is 37.9 Å². The summed E-state index contributed by atoms with van der Waals surface area (Å²) >= 11 is 0. The first-order valence-electron chi connectivity index (χ1n) is 7.46. The van der Waals surface area contributed by atoms with Gasteiger partial charge >= 0.3 is 11.9 Å². The predicted octanol–water partition coefficient (Wildman–Crippen LogP) is 2.36. The van der Waals surface area contributed by atoms with Gasteiger partial charge in [0.2, 0.25) is 0 Å². The van der Waals surface area contributed by atoms with Gasteiger partial charge in [0.05, 0.1) is 19.8 Å². The van der Waals surface area contributed by atoms with Crippen molar-refractivity contribution in [3.63, 3.8) is 0 Å². The molecule has 0 spiro atoms. The number of carbonyl (C=O) groups excluding carboxylic acids is 2. The molecule has 0 radical (unpaired) electrons. The van der Waals surface area contributed by atoms with Gasteiger partial charge in [-0.15, -0.1) is 0 Å². The molecule has 0 amide bonds. The van der Waals surface area contributed by atoms with E-state index in [1.165, 1.54) is 14.2 Å². The van der Waals surface area contributed by atoms with Crippen LogP contribution >= 0.6 is 0 Å². The van der Waals surface area contributed by atoms with Crippen LogP contribution in [0, 0.1) is 5.92 Å². The minimum atomic E-state index is -0.363. The Kier molecular flexibility index (Phi) is 8.22. The van der Waals surface area contributed by atoms with Gasteiger partial charge in [0.1, 0.15) is 0 Å². The van der Waals surface area contributed by atoms with Crippen LogP contribution in [0.15, 0.2) is 24.3 Å². The number of aliphatic hydroxyl groups is 1. The number of esters is 2. The van der Waals surface area contributed by atoms with Gasteiger partial charge in [-0.1, -0.05) is 24.6 Å². The number of unbranched alkanes of at least 4 members (excludes halogenated alkanes) is 1. The number of aliphatic hydroxyl groups excluding tert-OH is 1. The molecule has 0 aliphatic carbocycles. The van der Waals surface area contributed by atoms with Crippen LogP contribution in [0.2, 0.25) is 0 Å². The van der Waals surface area contributed by atoms with Crippen LogP contribution in [0.5, 0.6) is 0 Å². The molecule has 1 N–H and O–H groups in total.